The number of hydrogen-bond acceptors (Lipinski definition) is 13. The van der Waals surface area contributed by atoms with Crippen molar-refractivity contribution in [1.29, 1.82) is 0 Å². The number of aliphatic hydroxyl groups is 1. The van der Waals surface area contributed by atoms with Crippen molar-refractivity contribution in [3.05, 3.63) is 84.1 Å². The molecule has 24 heteroatoms. The maximum atomic E-state index is 14.5. The Bertz CT molecular complexity index is 2460. The van der Waals surface area contributed by atoms with Crippen LogP contribution < -0.4 is 43.4 Å². The fraction of sp³-hybridized carbons (Fsp3) is 0.537. The molecule has 1 aromatic carbocycles. The number of rotatable bonds is 16. The van der Waals surface area contributed by atoms with E-state index in [1.165, 1.54) is 46.9 Å². The van der Waals surface area contributed by atoms with Crippen LogP contribution in [0.5, 0.6) is 0 Å². The third-order valence-corrected chi connectivity index (χ3v) is 13.5. The van der Waals surface area contributed by atoms with Crippen molar-refractivity contribution in [3.63, 3.8) is 0 Å². The van der Waals surface area contributed by atoms with Gasteiger partial charge in [-0.25, -0.2) is 9.59 Å². The Morgan fingerprint density at radius 1 is 0.808 bits per heavy atom. The summed E-state index contributed by atoms with van der Waals surface area (Å²) in [5.41, 5.74) is 12.1. The standard InChI is InChI=1S/C54H78N10O14/c1-29(26-30(2)43(78-35(7)65)28-36-14-10-9-11-15-36)17-22-39-31(3)46(68)61-41(52(74)75)23-24-44(67)64(8)34(6)49(71)58-33(5)48(70)62-42(27-37-18-20-38(66)21-19-37)51(73)63-45(53(76)77)32(4)47(69)60-40(50(72)59-39)16-12-13-25-57-54(55)56/h9-11,14-15,17-18,20,22,26,30-33,37-43,45,66H,6,12-13,16,19,21,23-25,27-28H2,1-5,7-8H3,(H,58,71)(H,59,72)(H,60,69)(H,61,68)(H,62,70)(H,63,73)(H,74,75)(H,76,77)(H4,55,56,57)/b22-17+,29-26+/t30-,31-,32-,33+,37-,38-,39-,40-,41+,42-,43-,45+/m0/s1. The maximum Gasteiger partial charge on any atom is 0.327 e. The molecule has 0 bridgehead atoms. The smallest absolute Gasteiger partial charge is 0.327 e. The van der Waals surface area contributed by atoms with Crippen LogP contribution in [0.4, 0.5) is 0 Å². The summed E-state index contributed by atoms with van der Waals surface area (Å²) in [4.78, 5) is 140. The van der Waals surface area contributed by atoms with E-state index in [9.17, 15) is 63.3 Å². The summed E-state index contributed by atoms with van der Waals surface area (Å²) >= 11 is 0. The first-order valence-corrected chi connectivity index (χ1v) is 25.9. The van der Waals surface area contributed by atoms with E-state index < -0.39 is 138 Å². The van der Waals surface area contributed by atoms with Crippen molar-refractivity contribution >= 4 is 65.2 Å². The van der Waals surface area contributed by atoms with Crippen molar-refractivity contribution < 1.29 is 68.0 Å². The van der Waals surface area contributed by atoms with E-state index in [1.54, 1.807) is 19.1 Å². The van der Waals surface area contributed by atoms with Gasteiger partial charge in [-0.05, 0) is 70.3 Å². The zero-order valence-corrected chi connectivity index (χ0v) is 45.4. The zero-order chi connectivity index (χ0) is 58.4. The molecule has 78 heavy (non-hydrogen) atoms. The van der Waals surface area contributed by atoms with Crippen LogP contribution in [-0.4, -0.2) is 147 Å². The van der Waals surface area contributed by atoms with Crippen LogP contribution in [0.1, 0.15) is 98.5 Å². The minimum absolute atomic E-state index is 0.0801. The number of carbonyl (C=O) groups excluding carboxylic acids is 8. The normalized spacial score (nSPS) is 26.8. The number of nitrogens with two attached hydrogens (primary N) is 2. The number of benzene rings is 1. The van der Waals surface area contributed by atoms with E-state index in [1.807, 2.05) is 43.3 Å². The van der Waals surface area contributed by atoms with Crippen LogP contribution in [0.2, 0.25) is 0 Å². The average Bonchev–Trinajstić information content (AvgIpc) is 3.38. The highest BCUT2D eigenvalue weighted by Crippen LogP contribution is 2.24. The summed E-state index contributed by atoms with van der Waals surface area (Å²) < 4.78 is 5.69. The molecular formula is C54H78N10O14. The number of allylic oxidation sites excluding steroid dienone is 3. The minimum Gasteiger partial charge on any atom is -0.480 e. The van der Waals surface area contributed by atoms with Gasteiger partial charge < -0.3 is 68.3 Å². The fourth-order valence-corrected chi connectivity index (χ4v) is 8.58. The molecule has 0 saturated carbocycles. The van der Waals surface area contributed by atoms with E-state index in [-0.39, 0.29) is 43.6 Å². The number of amides is 7. The van der Waals surface area contributed by atoms with Crippen molar-refractivity contribution in [3.8, 4) is 0 Å². The van der Waals surface area contributed by atoms with Crippen LogP contribution in [0.15, 0.2) is 83.6 Å². The first-order chi connectivity index (χ1) is 36.7. The molecule has 0 unspecified atom stereocenters. The molecule has 0 radical (unpaired) electrons. The van der Waals surface area contributed by atoms with Gasteiger partial charge in [-0.15, -0.1) is 0 Å². The number of esters is 1. The summed E-state index contributed by atoms with van der Waals surface area (Å²) in [7, 11) is 1.19. The second kappa shape index (κ2) is 31.4. The summed E-state index contributed by atoms with van der Waals surface area (Å²) in [6.45, 7) is 12.6. The van der Waals surface area contributed by atoms with Crippen molar-refractivity contribution in [2.75, 3.05) is 13.6 Å². The lowest BCUT2D eigenvalue weighted by Gasteiger charge is -2.29. The van der Waals surface area contributed by atoms with E-state index in [4.69, 9.17) is 16.2 Å². The highest BCUT2D eigenvalue weighted by molar-refractivity contribution is 6.00. The number of likely N-dealkylation sites (N-methyl/N-ethyl adjacent to an activating group) is 1. The van der Waals surface area contributed by atoms with Gasteiger partial charge in [0.15, 0.2) is 5.96 Å². The number of nitrogens with one attached hydrogen (secondary N) is 6. The van der Waals surface area contributed by atoms with E-state index in [0.717, 1.165) is 10.5 Å². The van der Waals surface area contributed by atoms with E-state index >= 15 is 0 Å². The molecule has 1 aromatic rings. The van der Waals surface area contributed by atoms with Gasteiger partial charge in [-0.1, -0.05) is 93.6 Å². The van der Waals surface area contributed by atoms with E-state index in [0.29, 0.717) is 31.3 Å². The summed E-state index contributed by atoms with van der Waals surface area (Å²) in [5, 5.41) is 45.9. The Morgan fingerprint density at radius 2 is 1.45 bits per heavy atom. The largest absolute Gasteiger partial charge is 0.480 e. The van der Waals surface area contributed by atoms with Gasteiger partial charge in [0.05, 0.1) is 24.0 Å². The van der Waals surface area contributed by atoms with E-state index in [2.05, 4.69) is 43.5 Å². The van der Waals surface area contributed by atoms with Gasteiger partial charge in [0, 0.05) is 39.3 Å². The molecule has 7 amide bonds. The first-order valence-electron chi connectivity index (χ1n) is 25.9. The fourth-order valence-electron chi connectivity index (χ4n) is 8.58. The van der Waals surface area contributed by atoms with Gasteiger partial charge >= 0.3 is 17.9 Å². The molecule has 1 saturated heterocycles. The third kappa shape index (κ3) is 21.3. The number of ether oxygens (including phenoxy) is 1. The average molecular weight is 1090 g/mol. The second-order valence-electron chi connectivity index (χ2n) is 19.9. The van der Waals surface area contributed by atoms with Crippen molar-refractivity contribution in [2.24, 2.45) is 40.1 Å². The Kier molecular flexibility index (Phi) is 25.9. The highest BCUT2D eigenvalue weighted by atomic mass is 16.5. The Morgan fingerprint density at radius 3 is 2.05 bits per heavy atom. The van der Waals surface area contributed by atoms with Crippen molar-refractivity contribution in [2.45, 2.75) is 148 Å². The highest BCUT2D eigenvalue weighted by Gasteiger charge is 2.38. The molecule has 0 aromatic heterocycles. The summed E-state index contributed by atoms with van der Waals surface area (Å²) in [6, 6.07) is 0.261. The lowest BCUT2D eigenvalue weighted by atomic mass is 9.88. The SMILES string of the molecule is C=C1C(=O)N[C@H](C)C(=O)N[C@@H](C[C@H]2C=C[C@H](O)CC2)C(=O)N[C@@H](C(=O)O)[C@H](C)C(=O)N[C@@H](CCCCN=C(N)N)C(=O)N[C@@H](/C=C/C(C)=C/[C@H](C)[C@H](Cc2ccccc2)OC(C)=O)[C@H](C)C(=O)N[C@@H](C(=O)O)CCC(=O)N1C. The van der Waals surface area contributed by atoms with Gasteiger partial charge in [0.1, 0.15) is 42.0 Å². The summed E-state index contributed by atoms with van der Waals surface area (Å²) in [5.74, 6) is -13.8. The van der Waals surface area contributed by atoms with Crippen LogP contribution in [0, 0.1) is 23.7 Å². The third-order valence-electron chi connectivity index (χ3n) is 13.5. The number of carboxylic acids is 2. The van der Waals surface area contributed by atoms with Gasteiger partial charge in [0.2, 0.25) is 35.4 Å². The molecule has 12 atom stereocenters. The number of aliphatic hydroxyl groups excluding tert-OH is 1. The number of nitrogens with zero attached hydrogens (tertiary/aromatic N) is 2. The lowest BCUT2D eigenvalue weighted by molar-refractivity contribution is -0.148. The molecule has 1 fully saturated rings. The van der Waals surface area contributed by atoms with Crippen LogP contribution in [-0.2, 0) is 59.1 Å². The number of hydrogen-bond donors (Lipinski definition) is 11. The number of guanidine groups is 1. The molecular weight excluding hydrogens is 1010 g/mol. The topological polar surface area (TPSA) is 380 Å². The summed E-state index contributed by atoms with van der Waals surface area (Å²) in [6.07, 6.45) is 7.22. The lowest BCUT2D eigenvalue weighted by Crippen LogP contribution is -2.59. The van der Waals surface area contributed by atoms with Crippen LogP contribution >= 0.6 is 0 Å². The molecule has 1 aliphatic carbocycles. The molecule has 428 valence electrons. The molecule has 3 rings (SSSR count). The predicted molar refractivity (Wildman–Crippen MR) is 287 cm³/mol. The second-order valence-corrected chi connectivity index (χ2v) is 19.9. The number of unbranched alkanes of at least 4 members (excludes halogenated alkanes) is 1. The molecule has 13 N–H and O–H groups in total. The predicted octanol–water partition coefficient (Wildman–Crippen LogP) is 0.596. The molecule has 0 spiro atoms. The van der Waals surface area contributed by atoms with Gasteiger partial charge in [0.25, 0.3) is 5.91 Å². The zero-order valence-electron chi connectivity index (χ0n) is 45.4. The maximum absolute atomic E-state index is 14.5. The number of carbonyl (C=O) groups is 10. The number of aliphatic carboxylic acids is 2. The molecule has 1 aliphatic heterocycles. The quantitative estimate of drug-likeness (QED) is 0.0205. The Balaban J connectivity index is 2.15. The Hall–Kier alpha value is -7.89. The monoisotopic (exact) mass is 1090 g/mol. The Labute approximate surface area is 454 Å². The number of carboxylic acid groups (broad SMARTS) is 2. The minimum atomic E-state index is -1.94. The van der Waals surface area contributed by atoms with Crippen molar-refractivity contribution in [1.82, 2.24) is 36.8 Å². The molecule has 24 nitrogen and oxygen atoms in total. The number of aliphatic imine (C=N–C) groups is 1. The molecule has 1 heterocycles. The van der Waals surface area contributed by atoms with Crippen LogP contribution in [0.3, 0.4) is 0 Å². The molecule has 2 aliphatic rings. The first kappa shape index (κ1) is 64.4. The van der Waals surface area contributed by atoms with Gasteiger partial charge in [-0.2, -0.15) is 0 Å². The van der Waals surface area contributed by atoms with Crippen LogP contribution in [0.25, 0.3) is 0 Å². The van der Waals surface area contributed by atoms with Gasteiger partial charge in [-0.3, -0.25) is 43.3 Å².